The minimum absolute atomic E-state index is 0.596. The summed E-state index contributed by atoms with van der Waals surface area (Å²) in [5, 5.41) is 12.7. The van der Waals surface area contributed by atoms with E-state index in [1.807, 2.05) is 48.5 Å². The van der Waals surface area contributed by atoms with E-state index in [-0.39, 0.29) is 0 Å². The number of oxime groups is 1. The molecule has 0 spiro atoms. The van der Waals surface area contributed by atoms with Crippen LogP contribution >= 0.6 is 0 Å². The van der Waals surface area contributed by atoms with Gasteiger partial charge in [0.2, 0.25) is 0 Å². The summed E-state index contributed by atoms with van der Waals surface area (Å²) in [6, 6.07) is 15.7. The summed E-state index contributed by atoms with van der Waals surface area (Å²) >= 11 is 0. The number of hydrogen-bond donors (Lipinski definition) is 1. The molecule has 86 valence electrons. The largest absolute Gasteiger partial charge is 0.411 e. The molecule has 18 heavy (non-hydrogen) atoms. The van der Waals surface area contributed by atoms with Gasteiger partial charge < -0.3 is 5.21 Å². The molecule has 0 atom stereocenters. The van der Waals surface area contributed by atoms with Gasteiger partial charge in [0.25, 0.3) is 0 Å². The van der Waals surface area contributed by atoms with Crippen LogP contribution in [0.15, 0.2) is 53.7 Å². The van der Waals surface area contributed by atoms with Gasteiger partial charge in [-0.3, -0.25) is 0 Å². The van der Waals surface area contributed by atoms with Crippen LogP contribution in [-0.2, 0) is 6.42 Å². The van der Waals surface area contributed by atoms with Crippen molar-refractivity contribution in [1.29, 1.82) is 0 Å². The lowest BCUT2D eigenvalue weighted by molar-refractivity contribution is 0.318. The molecule has 1 aliphatic rings. The van der Waals surface area contributed by atoms with E-state index in [0.29, 0.717) is 12.1 Å². The summed E-state index contributed by atoms with van der Waals surface area (Å²) in [5.41, 5.74) is 4.55. The Bertz CT molecular complexity index is 689. The molecular weight excluding hydrogens is 222 g/mol. The van der Waals surface area contributed by atoms with Crippen molar-refractivity contribution in [3.8, 4) is 11.8 Å². The van der Waals surface area contributed by atoms with Crippen LogP contribution in [0.2, 0.25) is 0 Å². The fourth-order valence-corrected chi connectivity index (χ4v) is 2.14. The van der Waals surface area contributed by atoms with Gasteiger partial charge in [0.15, 0.2) is 0 Å². The minimum Gasteiger partial charge on any atom is -0.411 e. The first-order chi connectivity index (χ1) is 8.88. The predicted molar refractivity (Wildman–Crippen MR) is 70.9 cm³/mol. The fraction of sp³-hybridized carbons (Fsp3) is 0.0625. The molecule has 0 unspecified atom stereocenters. The maximum atomic E-state index is 9.22. The Morgan fingerprint density at radius 2 is 1.56 bits per heavy atom. The van der Waals surface area contributed by atoms with Crippen LogP contribution < -0.4 is 0 Å². The molecule has 3 rings (SSSR count). The molecule has 0 saturated heterocycles. The summed E-state index contributed by atoms with van der Waals surface area (Å²) < 4.78 is 0. The molecule has 0 saturated carbocycles. The molecule has 0 heterocycles. The molecule has 0 aliphatic heterocycles. The summed E-state index contributed by atoms with van der Waals surface area (Å²) in [4.78, 5) is 0. The second-order valence-corrected chi connectivity index (χ2v) is 4.18. The maximum absolute atomic E-state index is 9.22. The van der Waals surface area contributed by atoms with Crippen LogP contribution in [0.25, 0.3) is 0 Å². The molecule has 0 aromatic heterocycles. The average Bonchev–Trinajstić information content (AvgIpc) is 2.41. The first-order valence-corrected chi connectivity index (χ1v) is 5.79. The van der Waals surface area contributed by atoms with Crippen molar-refractivity contribution in [2.24, 2.45) is 5.16 Å². The van der Waals surface area contributed by atoms with Gasteiger partial charge in [-0.2, -0.15) is 0 Å². The summed E-state index contributed by atoms with van der Waals surface area (Å²) in [6.07, 6.45) is 0.596. The van der Waals surface area contributed by atoms with Crippen LogP contribution in [0.1, 0.15) is 22.3 Å². The SMILES string of the molecule is O/N=C1/Cc2ccccc2C#Cc2ccccc21. The highest BCUT2D eigenvalue weighted by Crippen LogP contribution is 2.18. The lowest BCUT2D eigenvalue weighted by Crippen LogP contribution is -2.10. The Kier molecular flexibility index (Phi) is 2.59. The Balaban J connectivity index is 2.26. The normalized spacial score (nSPS) is 14.8. The Morgan fingerprint density at radius 3 is 2.39 bits per heavy atom. The summed E-state index contributed by atoms with van der Waals surface area (Å²) in [5.74, 6) is 6.32. The monoisotopic (exact) mass is 233 g/mol. The first-order valence-electron chi connectivity index (χ1n) is 5.79. The first kappa shape index (κ1) is 10.6. The van der Waals surface area contributed by atoms with Crippen molar-refractivity contribution < 1.29 is 5.21 Å². The Labute approximate surface area is 106 Å². The number of benzene rings is 2. The van der Waals surface area contributed by atoms with E-state index in [4.69, 9.17) is 0 Å². The maximum Gasteiger partial charge on any atom is 0.0924 e. The van der Waals surface area contributed by atoms with Crippen LogP contribution in [-0.4, -0.2) is 10.9 Å². The lowest BCUT2D eigenvalue weighted by Gasteiger charge is -2.11. The topological polar surface area (TPSA) is 32.6 Å². The molecule has 0 fully saturated rings. The van der Waals surface area contributed by atoms with Gasteiger partial charge in [0, 0.05) is 23.1 Å². The molecular formula is C16H11NO. The van der Waals surface area contributed by atoms with Crippen molar-refractivity contribution >= 4 is 5.71 Å². The van der Waals surface area contributed by atoms with Gasteiger partial charge in [-0.05, 0) is 17.7 Å². The molecule has 2 heteroatoms. The predicted octanol–water partition coefficient (Wildman–Crippen LogP) is 2.82. The Hall–Kier alpha value is -2.53. The van der Waals surface area contributed by atoms with Gasteiger partial charge in [-0.25, -0.2) is 0 Å². The Morgan fingerprint density at radius 1 is 0.889 bits per heavy atom. The lowest BCUT2D eigenvalue weighted by atomic mass is 9.93. The van der Waals surface area contributed by atoms with Gasteiger partial charge in [-0.15, -0.1) is 0 Å². The fourth-order valence-electron chi connectivity index (χ4n) is 2.14. The average molecular weight is 233 g/mol. The molecule has 0 radical (unpaired) electrons. The zero-order valence-corrected chi connectivity index (χ0v) is 9.72. The van der Waals surface area contributed by atoms with Crippen molar-refractivity contribution in [3.05, 3.63) is 70.8 Å². The van der Waals surface area contributed by atoms with Crippen molar-refractivity contribution in [3.63, 3.8) is 0 Å². The van der Waals surface area contributed by atoms with Crippen LogP contribution in [0, 0.1) is 11.8 Å². The third-order valence-electron chi connectivity index (χ3n) is 3.07. The van der Waals surface area contributed by atoms with Gasteiger partial charge >= 0.3 is 0 Å². The molecule has 2 aromatic rings. The number of hydrogen-bond acceptors (Lipinski definition) is 2. The van der Waals surface area contributed by atoms with E-state index in [1.165, 1.54) is 0 Å². The van der Waals surface area contributed by atoms with E-state index in [1.54, 1.807) is 0 Å². The highest BCUT2D eigenvalue weighted by molar-refractivity contribution is 6.04. The second kappa shape index (κ2) is 4.38. The molecule has 1 N–H and O–H groups in total. The van der Waals surface area contributed by atoms with Gasteiger partial charge in [0.05, 0.1) is 5.71 Å². The second-order valence-electron chi connectivity index (χ2n) is 4.18. The van der Waals surface area contributed by atoms with Crippen molar-refractivity contribution in [2.75, 3.05) is 0 Å². The van der Waals surface area contributed by atoms with E-state index >= 15 is 0 Å². The third kappa shape index (κ3) is 1.76. The summed E-state index contributed by atoms with van der Waals surface area (Å²) in [7, 11) is 0. The number of rotatable bonds is 0. The molecule has 1 aliphatic carbocycles. The molecule has 2 nitrogen and oxygen atoms in total. The van der Waals surface area contributed by atoms with E-state index in [2.05, 4.69) is 17.0 Å². The van der Waals surface area contributed by atoms with Crippen LogP contribution in [0.3, 0.4) is 0 Å². The van der Waals surface area contributed by atoms with Crippen molar-refractivity contribution in [1.82, 2.24) is 0 Å². The number of nitrogens with zero attached hydrogens (tertiary/aromatic N) is 1. The smallest absolute Gasteiger partial charge is 0.0924 e. The highest BCUT2D eigenvalue weighted by Gasteiger charge is 2.13. The third-order valence-corrected chi connectivity index (χ3v) is 3.07. The zero-order chi connectivity index (χ0) is 12.4. The summed E-state index contributed by atoms with van der Waals surface area (Å²) in [6.45, 7) is 0. The van der Waals surface area contributed by atoms with E-state index < -0.39 is 0 Å². The quantitative estimate of drug-likeness (QED) is 0.423. The molecule has 0 amide bonds. The highest BCUT2D eigenvalue weighted by atomic mass is 16.4. The molecule has 0 bridgehead atoms. The van der Waals surface area contributed by atoms with E-state index in [9.17, 15) is 5.21 Å². The minimum atomic E-state index is 0.596. The van der Waals surface area contributed by atoms with Gasteiger partial charge in [0.1, 0.15) is 0 Å². The number of fused-ring (bicyclic) bond motifs is 2. The standard InChI is InChI=1S/C16H11NO/c18-17-16-11-14-7-2-1-5-12(14)9-10-13-6-3-4-8-15(13)16/h1-8,18H,11H2/b17-16-. The van der Waals surface area contributed by atoms with Crippen LogP contribution in [0.4, 0.5) is 0 Å². The van der Waals surface area contributed by atoms with Crippen molar-refractivity contribution in [2.45, 2.75) is 6.42 Å². The van der Waals surface area contributed by atoms with E-state index in [0.717, 1.165) is 22.3 Å². The van der Waals surface area contributed by atoms with Crippen LogP contribution in [0.5, 0.6) is 0 Å². The van der Waals surface area contributed by atoms with Gasteiger partial charge in [-0.1, -0.05) is 53.4 Å². The molecule has 2 aromatic carbocycles. The zero-order valence-electron chi connectivity index (χ0n) is 9.72.